The predicted molar refractivity (Wildman–Crippen MR) is 52.7 cm³/mol. The lowest BCUT2D eigenvalue weighted by Gasteiger charge is -2.17. The summed E-state index contributed by atoms with van der Waals surface area (Å²) in [5, 5.41) is 10.7. The number of rotatable bonds is 6. The van der Waals surface area contributed by atoms with Gasteiger partial charge in [-0.3, -0.25) is 14.4 Å². The molecular formula is C9H15N2O4. The molecule has 0 spiro atoms. The third kappa shape index (κ3) is 5.11. The van der Waals surface area contributed by atoms with Crippen LogP contribution in [0.25, 0.3) is 0 Å². The predicted octanol–water partition coefficient (Wildman–Crippen LogP) is -0.961. The van der Waals surface area contributed by atoms with Crippen molar-refractivity contribution in [2.45, 2.75) is 32.4 Å². The molecule has 0 aliphatic heterocycles. The summed E-state index contributed by atoms with van der Waals surface area (Å²) in [5.74, 6) is -1.92. The molecule has 0 bridgehead atoms. The Balaban J connectivity index is 4.21. The second-order valence-electron chi connectivity index (χ2n) is 3.55. The standard InChI is InChI=1S/C9H15N2O4/c1-5(2)7(4-12)11-9(15)6(10)3-8(13)14/h5-7H,3,10H2,1-2H3,(H,11,15)(H,13,14)/t6-,7+/m0/s1. The summed E-state index contributed by atoms with van der Waals surface area (Å²) in [5.41, 5.74) is 5.30. The number of aliphatic carboxylic acids is 1. The molecule has 0 rings (SSSR count). The molecule has 15 heavy (non-hydrogen) atoms. The SMILES string of the molecule is CC(C)[C@@H]([C]=O)NC(=O)[C@@H](N)CC(=O)O. The van der Waals surface area contributed by atoms with Crippen LogP contribution in [-0.4, -0.2) is 35.4 Å². The minimum absolute atomic E-state index is 0.108. The van der Waals surface area contributed by atoms with Crippen LogP contribution in [0, 0.1) is 5.92 Å². The van der Waals surface area contributed by atoms with Gasteiger partial charge in [0.1, 0.15) is 0 Å². The first-order valence-electron chi connectivity index (χ1n) is 4.54. The van der Waals surface area contributed by atoms with E-state index in [4.69, 9.17) is 10.8 Å². The van der Waals surface area contributed by atoms with Crippen molar-refractivity contribution in [3.8, 4) is 0 Å². The average molecular weight is 215 g/mol. The molecule has 1 radical (unpaired) electrons. The van der Waals surface area contributed by atoms with Gasteiger partial charge in [-0.25, -0.2) is 0 Å². The number of carbonyl (C=O) groups is 2. The molecule has 0 aromatic carbocycles. The number of nitrogens with two attached hydrogens (primary N) is 1. The van der Waals surface area contributed by atoms with E-state index in [2.05, 4.69) is 5.32 Å². The number of hydrogen-bond acceptors (Lipinski definition) is 4. The Morgan fingerprint density at radius 1 is 1.47 bits per heavy atom. The van der Waals surface area contributed by atoms with E-state index < -0.39 is 30.4 Å². The highest BCUT2D eigenvalue weighted by Gasteiger charge is 2.22. The van der Waals surface area contributed by atoms with Crippen LogP contribution in [0.3, 0.4) is 0 Å². The number of carboxylic acid groups (broad SMARTS) is 1. The Bertz CT molecular complexity index is 252. The highest BCUT2D eigenvalue weighted by molar-refractivity contribution is 5.87. The highest BCUT2D eigenvalue weighted by atomic mass is 16.4. The molecule has 0 aromatic heterocycles. The van der Waals surface area contributed by atoms with Crippen LogP contribution in [0.5, 0.6) is 0 Å². The lowest BCUT2D eigenvalue weighted by molar-refractivity contribution is -0.139. The second kappa shape index (κ2) is 6.13. The number of nitrogens with one attached hydrogen (secondary N) is 1. The van der Waals surface area contributed by atoms with Crippen LogP contribution >= 0.6 is 0 Å². The van der Waals surface area contributed by atoms with Crippen LogP contribution in [0.2, 0.25) is 0 Å². The number of carbonyl (C=O) groups excluding carboxylic acids is 2. The van der Waals surface area contributed by atoms with Crippen LogP contribution in [-0.2, 0) is 14.4 Å². The molecule has 0 fully saturated rings. The van der Waals surface area contributed by atoms with Crippen LogP contribution in [0.15, 0.2) is 0 Å². The van der Waals surface area contributed by atoms with Crippen molar-refractivity contribution in [1.82, 2.24) is 5.32 Å². The fourth-order valence-corrected chi connectivity index (χ4v) is 0.873. The largest absolute Gasteiger partial charge is 0.481 e. The van der Waals surface area contributed by atoms with E-state index in [9.17, 15) is 14.4 Å². The van der Waals surface area contributed by atoms with E-state index in [0.717, 1.165) is 0 Å². The quantitative estimate of drug-likeness (QED) is 0.528. The van der Waals surface area contributed by atoms with Crippen LogP contribution in [0.4, 0.5) is 0 Å². The monoisotopic (exact) mass is 215 g/mol. The summed E-state index contributed by atoms with van der Waals surface area (Å²) >= 11 is 0. The molecule has 4 N–H and O–H groups in total. The van der Waals surface area contributed by atoms with Crippen molar-refractivity contribution in [1.29, 1.82) is 0 Å². The summed E-state index contributed by atoms with van der Waals surface area (Å²) in [4.78, 5) is 32.0. The number of carboxylic acids is 1. The molecule has 0 heterocycles. The fraction of sp³-hybridized carbons (Fsp3) is 0.667. The molecule has 0 saturated carbocycles. The normalized spacial score (nSPS) is 14.4. The summed E-state index contributed by atoms with van der Waals surface area (Å²) in [6.07, 6.45) is 1.19. The Kier molecular flexibility index (Phi) is 5.54. The zero-order chi connectivity index (χ0) is 12.0. The first-order valence-corrected chi connectivity index (χ1v) is 4.54. The lowest BCUT2D eigenvalue weighted by atomic mass is 10.1. The van der Waals surface area contributed by atoms with Crippen molar-refractivity contribution >= 4 is 18.2 Å². The molecule has 6 nitrogen and oxygen atoms in total. The van der Waals surface area contributed by atoms with E-state index in [1.807, 2.05) is 0 Å². The van der Waals surface area contributed by atoms with Gasteiger partial charge in [-0.1, -0.05) is 13.8 Å². The maximum absolute atomic E-state index is 11.3. The van der Waals surface area contributed by atoms with E-state index in [1.54, 1.807) is 20.1 Å². The first-order chi connectivity index (χ1) is 6.88. The molecule has 0 aliphatic rings. The average Bonchev–Trinajstić information content (AvgIpc) is 2.11. The molecule has 85 valence electrons. The van der Waals surface area contributed by atoms with Crippen LogP contribution < -0.4 is 11.1 Å². The third-order valence-electron chi connectivity index (χ3n) is 1.82. The number of amides is 1. The highest BCUT2D eigenvalue weighted by Crippen LogP contribution is 1.99. The maximum atomic E-state index is 11.3. The fourth-order valence-electron chi connectivity index (χ4n) is 0.873. The van der Waals surface area contributed by atoms with Gasteiger partial charge in [0.05, 0.1) is 18.5 Å². The third-order valence-corrected chi connectivity index (χ3v) is 1.82. The molecule has 2 atom stereocenters. The second-order valence-corrected chi connectivity index (χ2v) is 3.55. The summed E-state index contributed by atoms with van der Waals surface area (Å²) < 4.78 is 0. The Hall–Kier alpha value is -1.43. The molecular weight excluding hydrogens is 200 g/mol. The van der Waals surface area contributed by atoms with E-state index in [-0.39, 0.29) is 5.92 Å². The van der Waals surface area contributed by atoms with Gasteiger partial charge in [-0.2, -0.15) is 0 Å². The molecule has 1 amide bonds. The van der Waals surface area contributed by atoms with Crippen molar-refractivity contribution in [3.05, 3.63) is 0 Å². The Morgan fingerprint density at radius 2 is 2.00 bits per heavy atom. The van der Waals surface area contributed by atoms with Gasteiger partial charge in [-0.05, 0) is 5.92 Å². The molecule has 0 aromatic rings. The summed E-state index contributed by atoms with van der Waals surface area (Å²) in [6, 6.07) is -1.89. The molecule has 0 unspecified atom stereocenters. The Morgan fingerprint density at radius 3 is 2.33 bits per heavy atom. The van der Waals surface area contributed by atoms with E-state index in [0.29, 0.717) is 0 Å². The smallest absolute Gasteiger partial charge is 0.305 e. The van der Waals surface area contributed by atoms with Gasteiger partial charge >= 0.3 is 5.97 Å². The van der Waals surface area contributed by atoms with E-state index in [1.165, 1.54) is 0 Å². The van der Waals surface area contributed by atoms with E-state index >= 15 is 0 Å². The summed E-state index contributed by atoms with van der Waals surface area (Å²) in [7, 11) is 0. The van der Waals surface area contributed by atoms with Crippen LogP contribution in [0.1, 0.15) is 20.3 Å². The lowest BCUT2D eigenvalue weighted by Crippen LogP contribution is -2.48. The number of hydrogen-bond donors (Lipinski definition) is 3. The molecule has 6 heteroatoms. The maximum Gasteiger partial charge on any atom is 0.305 e. The van der Waals surface area contributed by atoms with Gasteiger partial charge in [0.15, 0.2) is 0 Å². The van der Waals surface area contributed by atoms with Gasteiger partial charge in [-0.15, -0.1) is 0 Å². The zero-order valence-corrected chi connectivity index (χ0v) is 8.69. The van der Waals surface area contributed by atoms with Gasteiger partial charge in [0.2, 0.25) is 12.2 Å². The topological polar surface area (TPSA) is 109 Å². The van der Waals surface area contributed by atoms with Crippen molar-refractivity contribution in [2.24, 2.45) is 11.7 Å². The minimum atomic E-state index is -1.16. The zero-order valence-electron chi connectivity index (χ0n) is 8.69. The van der Waals surface area contributed by atoms with Crippen molar-refractivity contribution in [3.63, 3.8) is 0 Å². The summed E-state index contributed by atoms with van der Waals surface area (Å²) in [6.45, 7) is 3.47. The van der Waals surface area contributed by atoms with Gasteiger partial charge < -0.3 is 16.2 Å². The first kappa shape index (κ1) is 13.6. The van der Waals surface area contributed by atoms with Gasteiger partial charge in [0.25, 0.3) is 0 Å². The minimum Gasteiger partial charge on any atom is -0.481 e. The molecule has 0 aliphatic carbocycles. The Labute approximate surface area is 87.8 Å². The molecule has 0 saturated heterocycles. The van der Waals surface area contributed by atoms with Crippen molar-refractivity contribution < 1.29 is 19.5 Å². The van der Waals surface area contributed by atoms with Gasteiger partial charge in [0, 0.05) is 0 Å². The van der Waals surface area contributed by atoms with Crippen molar-refractivity contribution in [2.75, 3.05) is 0 Å².